The first-order chi connectivity index (χ1) is 50.0. The summed E-state index contributed by atoms with van der Waals surface area (Å²) in [5.41, 5.74) is 0. The quantitative estimate of drug-likeness (QED) is 0.0211. The highest BCUT2D eigenvalue weighted by Gasteiger charge is 2.27. The number of ether oxygens (including phenoxy) is 2. The van der Waals surface area contributed by atoms with E-state index in [0.717, 1.165) is 122 Å². The van der Waals surface area contributed by atoms with Gasteiger partial charge >= 0.3 is 19.8 Å². The number of carbonyl (C=O) groups excluding carboxylic acids is 2. The zero-order valence-corrected chi connectivity index (χ0v) is 67.7. The standard InChI is InChI=1S/C92H158NO8P/c1-6-8-10-12-14-16-18-20-22-24-26-28-30-32-34-36-38-40-42-44-45-46-47-49-51-53-55-57-59-61-63-65-67-69-71-73-75-77-79-81-83-85-92(95)101-90(89-100-102(96,97)99-87-86-93(3,4)5)88-98-91(94)84-82-80-78-76-74-72-70-68-66-64-62-60-58-56-54-52-50-48-43-41-39-37-35-33-31-29-27-25-23-21-19-17-15-13-11-9-7-2/h8-11,14-17,20-23,26-29,32,34,38,40,44-45,47,49,53,55,90H,6-7,12-13,18-19,24-25,30-31,33,35-37,39,41-43,46,48,50-52,54,56-89H2,1-5H3/p+1/b10-8-,11-9-,16-14-,17-15-,22-20-,23-21-,28-26-,29-27-,34-32-,40-38-,45-44-,49-47-,55-53-. The van der Waals surface area contributed by atoms with E-state index in [1.54, 1.807) is 0 Å². The van der Waals surface area contributed by atoms with Crippen molar-refractivity contribution in [3.05, 3.63) is 158 Å². The number of hydrogen-bond acceptors (Lipinski definition) is 7. The topological polar surface area (TPSA) is 108 Å². The van der Waals surface area contributed by atoms with Crippen molar-refractivity contribution in [2.24, 2.45) is 0 Å². The number of likely N-dealkylation sites (N-methyl/N-ethyl adjacent to an activating group) is 1. The fourth-order valence-electron chi connectivity index (χ4n) is 11.7. The molecule has 2 atom stereocenters. The Balaban J connectivity index is 3.96. The molecule has 0 aliphatic carbocycles. The minimum absolute atomic E-state index is 0.0278. The van der Waals surface area contributed by atoms with Crippen molar-refractivity contribution in [2.75, 3.05) is 47.5 Å². The van der Waals surface area contributed by atoms with Crippen LogP contribution in [0.1, 0.15) is 361 Å². The van der Waals surface area contributed by atoms with Crippen LogP contribution in [0.25, 0.3) is 0 Å². The normalized spacial score (nSPS) is 13.8. The third-order valence-corrected chi connectivity index (χ3v) is 19.0. The lowest BCUT2D eigenvalue weighted by molar-refractivity contribution is -0.870. The number of phosphoric acid groups is 1. The molecule has 0 aromatic heterocycles. The number of carbonyl (C=O) groups is 2. The molecule has 0 saturated heterocycles. The molecule has 10 heteroatoms. The van der Waals surface area contributed by atoms with E-state index in [4.69, 9.17) is 18.5 Å². The summed E-state index contributed by atoms with van der Waals surface area (Å²) >= 11 is 0. The van der Waals surface area contributed by atoms with Crippen LogP contribution in [-0.4, -0.2) is 74.9 Å². The van der Waals surface area contributed by atoms with Gasteiger partial charge in [0.1, 0.15) is 19.8 Å². The Hall–Kier alpha value is -4.37. The highest BCUT2D eigenvalue weighted by Crippen LogP contribution is 2.43. The van der Waals surface area contributed by atoms with Crippen LogP contribution in [0.4, 0.5) is 0 Å². The number of quaternary nitrogens is 1. The lowest BCUT2D eigenvalue weighted by Crippen LogP contribution is -2.37. The predicted molar refractivity (Wildman–Crippen MR) is 445 cm³/mol. The summed E-state index contributed by atoms with van der Waals surface area (Å²) < 4.78 is 34.9. The fraction of sp³-hybridized carbons (Fsp3) is 0.696. The molecule has 0 radical (unpaired) electrons. The Morgan fingerprint density at radius 2 is 0.529 bits per heavy atom. The van der Waals surface area contributed by atoms with Crippen LogP contribution in [0.2, 0.25) is 0 Å². The zero-order chi connectivity index (χ0) is 74.0. The molecule has 2 unspecified atom stereocenters. The van der Waals surface area contributed by atoms with Crippen LogP contribution in [0.15, 0.2) is 158 Å². The van der Waals surface area contributed by atoms with Crippen molar-refractivity contribution in [1.29, 1.82) is 0 Å². The first-order valence-corrected chi connectivity index (χ1v) is 43.7. The van der Waals surface area contributed by atoms with Crippen molar-refractivity contribution in [2.45, 2.75) is 367 Å². The second-order valence-electron chi connectivity index (χ2n) is 29.1. The molecule has 0 saturated carbocycles. The minimum atomic E-state index is -4.40. The van der Waals surface area contributed by atoms with Gasteiger partial charge < -0.3 is 18.9 Å². The Bertz CT molecular complexity index is 2290. The highest BCUT2D eigenvalue weighted by atomic mass is 31.2. The summed E-state index contributed by atoms with van der Waals surface area (Å²) in [6.45, 7) is 4.24. The summed E-state index contributed by atoms with van der Waals surface area (Å²) in [6, 6.07) is 0. The molecule has 9 nitrogen and oxygen atoms in total. The van der Waals surface area contributed by atoms with E-state index in [1.165, 1.54) is 205 Å². The van der Waals surface area contributed by atoms with E-state index >= 15 is 0 Å². The van der Waals surface area contributed by atoms with E-state index in [1.807, 2.05) is 21.1 Å². The molecule has 0 bridgehead atoms. The number of allylic oxidation sites excluding steroid dienone is 26. The SMILES string of the molecule is CC/C=C\C/C=C\C/C=C\C/C=C\C/C=C\C/C=C\C/C=C\C/C=C\C/C=C\CCCCCCCCCCCCCCCC(=O)OC(COC(=O)CCCCCCCCCCCCCCCCCCCCCCCCCC/C=C\C/C=C\C/C=C\C/C=C\CC)COP(=O)(O)OCC[N+](C)(C)C. The van der Waals surface area contributed by atoms with E-state index in [0.29, 0.717) is 17.4 Å². The first kappa shape index (κ1) is 97.6. The smallest absolute Gasteiger partial charge is 0.462 e. The molecule has 0 rings (SSSR count). The van der Waals surface area contributed by atoms with Crippen LogP contribution in [0, 0.1) is 0 Å². The molecule has 0 heterocycles. The van der Waals surface area contributed by atoms with Gasteiger partial charge in [0, 0.05) is 12.8 Å². The largest absolute Gasteiger partial charge is 0.472 e. The van der Waals surface area contributed by atoms with Crippen molar-refractivity contribution in [3.63, 3.8) is 0 Å². The molecule has 0 amide bonds. The van der Waals surface area contributed by atoms with Gasteiger partial charge in [-0.2, -0.15) is 0 Å². The maximum absolute atomic E-state index is 12.9. The molecule has 0 spiro atoms. The number of phosphoric ester groups is 1. The van der Waals surface area contributed by atoms with Gasteiger partial charge in [-0.25, -0.2) is 4.57 Å². The molecule has 0 aromatic rings. The third kappa shape index (κ3) is 84.6. The maximum atomic E-state index is 12.9. The first-order valence-electron chi connectivity index (χ1n) is 42.2. The van der Waals surface area contributed by atoms with Crippen molar-refractivity contribution >= 4 is 19.8 Å². The van der Waals surface area contributed by atoms with E-state index in [2.05, 4.69) is 172 Å². The van der Waals surface area contributed by atoms with Crippen molar-refractivity contribution in [1.82, 2.24) is 0 Å². The number of nitrogens with zero attached hydrogens (tertiary/aromatic N) is 1. The van der Waals surface area contributed by atoms with Gasteiger partial charge in [-0.1, -0.05) is 384 Å². The second-order valence-corrected chi connectivity index (χ2v) is 30.6. The zero-order valence-electron chi connectivity index (χ0n) is 66.8. The molecule has 0 fully saturated rings. The molecule has 0 aromatic carbocycles. The Morgan fingerprint density at radius 3 is 0.784 bits per heavy atom. The summed E-state index contributed by atoms with van der Waals surface area (Å²) in [7, 11) is 1.48. The van der Waals surface area contributed by atoms with Crippen LogP contribution < -0.4 is 0 Å². The number of hydrogen-bond donors (Lipinski definition) is 1. The van der Waals surface area contributed by atoms with Gasteiger partial charge in [-0.15, -0.1) is 0 Å². The van der Waals surface area contributed by atoms with Gasteiger partial charge in [0.15, 0.2) is 6.10 Å². The molecule has 0 aliphatic rings. The third-order valence-electron chi connectivity index (χ3n) is 18.1. The van der Waals surface area contributed by atoms with E-state index in [9.17, 15) is 19.0 Å². The summed E-state index contributed by atoms with van der Waals surface area (Å²) in [5.74, 6) is -0.790. The van der Waals surface area contributed by atoms with Crippen LogP contribution in [-0.2, 0) is 32.7 Å². The lowest BCUT2D eigenvalue weighted by Gasteiger charge is -2.24. The van der Waals surface area contributed by atoms with Crippen molar-refractivity contribution < 1.29 is 42.1 Å². The summed E-state index contributed by atoms with van der Waals surface area (Å²) in [5, 5.41) is 0. The summed E-state index contributed by atoms with van der Waals surface area (Å²) in [4.78, 5) is 36.0. The molecule has 584 valence electrons. The maximum Gasteiger partial charge on any atom is 0.472 e. The van der Waals surface area contributed by atoms with Crippen molar-refractivity contribution in [3.8, 4) is 0 Å². The molecular weight excluding hydrogens is 1280 g/mol. The summed E-state index contributed by atoms with van der Waals surface area (Å²) in [6.07, 6.45) is 121. The Labute approximate surface area is 630 Å². The number of esters is 2. The Kier molecular flexibility index (Phi) is 77.3. The van der Waals surface area contributed by atoms with Gasteiger partial charge in [0.05, 0.1) is 27.7 Å². The number of rotatable bonds is 77. The van der Waals surface area contributed by atoms with Crippen LogP contribution in [0.5, 0.6) is 0 Å². The van der Waals surface area contributed by atoms with Gasteiger partial charge in [0.25, 0.3) is 0 Å². The second kappa shape index (κ2) is 80.7. The minimum Gasteiger partial charge on any atom is -0.462 e. The van der Waals surface area contributed by atoms with Gasteiger partial charge in [0.2, 0.25) is 0 Å². The Morgan fingerprint density at radius 1 is 0.304 bits per heavy atom. The predicted octanol–water partition coefficient (Wildman–Crippen LogP) is 28.6. The molecule has 102 heavy (non-hydrogen) atoms. The average Bonchev–Trinajstić information content (AvgIpc) is 0.916. The van der Waals surface area contributed by atoms with Gasteiger partial charge in [-0.3, -0.25) is 18.6 Å². The van der Waals surface area contributed by atoms with E-state index in [-0.39, 0.29) is 32.0 Å². The molecule has 0 aliphatic heterocycles. The van der Waals surface area contributed by atoms with Crippen LogP contribution in [0.3, 0.4) is 0 Å². The van der Waals surface area contributed by atoms with E-state index < -0.39 is 26.5 Å². The molecule has 1 N–H and O–H groups in total. The highest BCUT2D eigenvalue weighted by molar-refractivity contribution is 7.47. The van der Waals surface area contributed by atoms with Gasteiger partial charge in [-0.05, 0) is 122 Å². The van der Waals surface area contributed by atoms with Crippen LogP contribution >= 0.6 is 7.82 Å². The fourth-order valence-corrected chi connectivity index (χ4v) is 12.5. The average molecular weight is 1440 g/mol. The monoisotopic (exact) mass is 1440 g/mol. The lowest BCUT2D eigenvalue weighted by atomic mass is 10.0. The number of unbranched alkanes of at least 4 members (excludes halogenated alkanes) is 37. The molecular formula is C92H159NO8P+.